The average Bonchev–Trinajstić information content (AvgIpc) is 2.77. The van der Waals surface area contributed by atoms with Crippen molar-refractivity contribution in [2.75, 3.05) is 13.4 Å². The number of H-pyrrole nitrogens is 1. The Labute approximate surface area is 165 Å². The molecule has 2 aromatic rings. The minimum Gasteiger partial charge on any atom is -0.497 e. The third kappa shape index (κ3) is 6.06. The molecule has 1 aromatic carbocycles. The van der Waals surface area contributed by atoms with E-state index in [0.717, 1.165) is 10.9 Å². The molecule has 0 atom stereocenters. The smallest absolute Gasteiger partial charge is 0.497 e. The van der Waals surface area contributed by atoms with Crippen molar-refractivity contribution in [1.82, 2.24) is 10.3 Å². The number of hydrogen-bond acceptors (Lipinski definition) is 3. The fourth-order valence-electron chi connectivity index (χ4n) is 1.63. The summed E-state index contributed by atoms with van der Waals surface area (Å²) in [6, 6.07) is 6.85. The van der Waals surface area contributed by atoms with Crippen molar-refractivity contribution in [2.45, 2.75) is 0 Å². The quantitative estimate of drug-likeness (QED) is 0.332. The van der Waals surface area contributed by atoms with E-state index >= 15 is 0 Å². The number of ether oxygens (including phenoxy) is 1. The van der Waals surface area contributed by atoms with Gasteiger partial charge in [-0.25, -0.2) is 0 Å². The number of methoxy groups -OCH3 is 1. The molecular weight excluding hydrogens is 317 g/mol. The first-order chi connectivity index (χ1) is 8.89. The van der Waals surface area contributed by atoms with Crippen LogP contribution in [0.1, 0.15) is 10.5 Å². The predicted molar refractivity (Wildman–Crippen MR) is 69.2 cm³/mol. The molecule has 0 aliphatic heterocycles. The van der Waals surface area contributed by atoms with Crippen LogP contribution in [-0.2, 0) is 4.57 Å². The number of fused-ring (bicyclic) bond motifs is 1. The number of carbonyl (C=O) groups excluding carboxylic acids is 1. The zero-order valence-electron chi connectivity index (χ0n) is 12.1. The molecule has 0 aliphatic carbocycles. The zero-order chi connectivity index (χ0) is 14.0. The molecule has 1 aromatic heterocycles. The summed E-state index contributed by atoms with van der Waals surface area (Å²) in [6.07, 6.45) is -0.690. The number of aromatic nitrogens is 1. The maximum Gasteiger partial charge on any atom is 1.00 e. The standard InChI is InChI=1S/C11H13N2O5P.2Na/c1-18-8-2-3-9-7(4-8)5-10(13-9)11(14)12-6-19(15,16)17;;/h2-5,13H,6H2,1H3,(H,12,14)(H2,15,16,17);;/q;2*+1. The summed E-state index contributed by atoms with van der Waals surface area (Å²) in [5.74, 6) is 0.0900. The monoisotopic (exact) mass is 330 g/mol. The molecular formula is C11H13N2Na2O5P+2. The third-order valence-corrected chi connectivity index (χ3v) is 3.09. The van der Waals surface area contributed by atoms with Crippen molar-refractivity contribution < 1.29 is 83.0 Å². The van der Waals surface area contributed by atoms with Crippen molar-refractivity contribution in [3.63, 3.8) is 0 Å². The molecule has 0 saturated carbocycles. The number of carbonyl (C=O) groups is 1. The Morgan fingerprint density at radius 2 is 2.00 bits per heavy atom. The van der Waals surface area contributed by atoms with Gasteiger partial charge in [-0.1, -0.05) is 0 Å². The van der Waals surface area contributed by atoms with Crippen molar-refractivity contribution in [2.24, 2.45) is 0 Å². The molecule has 0 unspecified atom stereocenters. The van der Waals surface area contributed by atoms with Gasteiger partial charge in [-0.05, 0) is 24.3 Å². The summed E-state index contributed by atoms with van der Waals surface area (Å²) < 4.78 is 15.7. The van der Waals surface area contributed by atoms with E-state index in [2.05, 4.69) is 10.3 Å². The number of benzene rings is 1. The van der Waals surface area contributed by atoms with Crippen LogP contribution in [0, 0.1) is 0 Å². The van der Waals surface area contributed by atoms with E-state index in [9.17, 15) is 9.36 Å². The summed E-state index contributed by atoms with van der Waals surface area (Å²) in [5, 5.41) is 2.94. The largest absolute Gasteiger partial charge is 1.00 e. The molecule has 0 aliphatic rings. The molecule has 0 radical (unpaired) electrons. The Morgan fingerprint density at radius 3 is 2.57 bits per heavy atom. The van der Waals surface area contributed by atoms with Gasteiger partial charge in [-0.3, -0.25) is 9.36 Å². The summed E-state index contributed by atoms with van der Waals surface area (Å²) in [7, 11) is -2.71. The Kier molecular flexibility index (Phi) is 8.79. The van der Waals surface area contributed by atoms with E-state index in [1.165, 1.54) is 0 Å². The molecule has 1 amide bonds. The number of aromatic amines is 1. The molecule has 4 N–H and O–H groups in total. The summed E-state index contributed by atoms with van der Waals surface area (Å²) in [5.41, 5.74) is 0.971. The van der Waals surface area contributed by atoms with Gasteiger partial charge in [0.05, 0.1) is 7.11 Å². The van der Waals surface area contributed by atoms with Crippen LogP contribution in [0.15, 0.2) is 24.3 Å². The minimum absolute atomic E-state index is 0. The minimum atomic E-state index is -4.25. The van der Waals surface area contributed by atoms with Gasteiger partial charge in [0.25, 0.3) is 5.91 Å². The molecule has 21 heavy (non-hydrogen) atoms. The molecule has 2 rings (SSSR count). The van der Waals surface area contributed by atoms with Gasteiger partial charge in [0.15, 0.2) is 0 Å². The van der Waals surface area contributed by atoms with Gasteiger partial charge in [0.1, 0.15) is 17.7 Å². The van der Waals surface area contributed by atoms with Crippen LogP contribution in [0.3, 0.4) is 0 Å². The average molecular weight is 330 g/mol. The fraction of sp³-hybridized carbons (Fsp3) is 0.182. The van der Waals surface area contributed by atoms with E-state index < -0.39 is 19.8 Å². The first kappa shape index (κ1) is 21.2. The van der Waals surface area contributed by atoms with Crippen LogP contribution in [0.4, 0.5) is 0 Å². The molecule has 1 heterocycles. The van der Waals surface area contributed by atoms with Crippen molar-refractivity contribution in [1.29, 1.82) is 0 Å². The van der Waals surface area contributed by atoms with Gasteiger partial charge in [-0.2, -0.15) is 0 Å². The molecule has 0 fully saturated rings. The van der Waals surface area contributed by atoms with Gasteiger partial charge >= 0.3 is 66.7 Å². The number of rotatable bonds is 4. The normalized spacial score (nSPS) is 10.4. The van der Waals surface area contributed by atoms with Crippen molar-refractivity contribution >= 4 is 24.4 Å². The second kappa shape index (κ2) is 8.72. The number of amides is 1. The Bertz CT molecular complexity index is 670. The molecule has 7 nitrogen and oxygen atoms in total. The van der Waals surface area contributed by atoms with Gasteiger partial charge in [-0.15, -0.1) is 0 Å². The fourth-order valence-corrected chi connectivity index (χ4v) is 1.98. The Morgan fingerprint density at radius 1 is 1.33 bits per heavy atom. The van der Waals surface area contributed by atoms with Gasteiger partial charge in [0.2, 0.25) is 0 Å². The van der Waals surface area contributed by atoms with E-state index in [1.54, 1.807) is 31.4 Å². The topological polar surface area (TPSA) is 112 Å². The van der Waals surface area contributed by atoms with Crippen molar-refractivity contribution in [3.05, 3.63) is 30.0 Å². The summed E-state index contributed by atoms with van der Waals surface area (Å²) in [6.45, 7) is 0. The second-order valence-electron chi connectivity index (χ2n) is 3.96. The van der Waals surface area contributed by atoms with Crippen LogP contribution in [0.5, 0.6) is 5.75 Å². The first-order valence-corrected chi connectivity index (χ1v) is 7.18. The van der Waals surface area contributed by atoms with Crippen LogP contribution in [0.25, 0.3) is 10.9 Å². The maximum absolute atomic E-state index is 11.7. The number of nitrogens with one attached hydrogen (secondary N) is 2. The maximum atomic E-state index is 11.7. The SMILES string of the molecule is COc1ccc2[nH]c(C(=O)NCP(=O)(O)O)cc2c1.[Na+].[Na+]. The van der Waals surface area contributed by atoms with Gasteiger partial charge < -0.3 is 24.8 Å². The zero-order valence-corrected chi connectivity index (χ0v) is 17.0. The van der Waals surface area contributed by atoms with Crippen LogP contribution in [-0.4, -0.2) is 34.1 Å². The van der Waals surface area contributed by atoms with Crippen LogP contribution >= 0.6 is 7.60 Å². The van der Waals surface area contributed by atoms with Crippen LogP contribution in [0.2, 0.25) is 0 Å². The first-order valence-electron chi connectivity index (χ1n) is 5.38. The molecule has 0 saturated heterocycles. The Hall–Kier alpha value is 0.180. The molecule has 0 bridgehead atoms. The Balaban J connectivity index is 0.00000200. The van der Waals surface area contributed by atoms with Crippen molar-refractivity contribution in [3.8, 4) is 5.75 Å². The third-order valence-electron chi connectivity index (χ3n) is 2.52. The summed E-state index contributed by atoms with van der Waals surface area (Å²) in [4.78, 5) is 31.9. The van der Waals surface area contributed by atoms with Gasteiger partial charge in [0, 0.05) is 10.9 Å². The number of hydrogen-bond donors (Lipinski definition) is 4. The summed E-state index contributed by atoms with van der Waals surface area (Å²) >= 11 is 0. The van der Waals surface area contributed by atoms with E-state index in [4.69, 9.17) is 14.5 Å². The van der Waals surface area contributed by atoms with E-state index in [-0.39, 0.29) is 64.8 Å². The molecule has 0 spiro atoms. The predicted octanol–water partition coefficient (Wildman–Crippen LogP) is -4.95. The molecule has 102 valence electrons. The second-order valence-corrected chi connectivity index (χ2v) is 5.61. The molecule has 10 heteroatoms. The van der Waals surface area contributed by atoms with E-state index in [1.807, 2.05) is 0 Å². The van der Waals surface area contributed by atoms with E-state index in [0.29, 0.717) is 5.75 Å². The van der Waals surface area contributed by atoms with Crippen LogP contribution < -0.4 is 69.2 Å².